The van der Waals surface area contributed by atoms with E-state index in [-0.39, 0.29) is 142 Å². The Labute approximate surface area is 740 Å². The number of aromatic hydroxyl groups is 5. The topological polar surface area (TPSA) is 346 Å². The molecule has 3 aromatic rings. The van der Waals surface area contributed by atoms with Gasteiger partial charge >= 0.3 is 0 Å². The van der Waals surface area contributed by atoms with Crippen LogP contribution in [0, 0.1) is 18.8 Å². The van der Waals surface area contributed by atoms with E-state index in [1.807, 2.05) is 45.0 Å². The molecule has 2 bridgehead atoms. The van der Waals surface area contributed by atoms with Crippen molar-refractivity contribution in [2.75, 3.05) is 66.1 Å². The molecule has 17 aliphatic rings. The highest BCUT2D eigenvalue weighted by Gasteiger charge is 2.64. The zero-order valence-corrected chi connectivity index (χ0v) is 70.3. The minimum Gasteiger partial charge on any atom is -0.512 e. The van der Waals surface area contributed by atoms with Crippen LogP contribution < -0.4 is 0 Å². The molecule has 6 saturated carbocycles. The number of aliphatic hydroxyl groups excluding tert-OH is 1. The number of alkyl halides is 1. The second-order valence-corrected chi connectivity index (χ2v) is 35.7. The Balaban J connectivity index is 0.000000220. The molecule has 3 aromatic carbocycles. The molecule has 4 atom stereocenters. The Morgan fingerprint density at radius 1 is 0.390 bits per heavy atom. The third-order valence-electron chi connectivity index (χ3n) is 26.4. The number of halogens is 1. The highest BCUT2D eigenvalue weighted by molar-refractivity contribution is 9.10. The van der Waals surface area contributed by atoms with Crippen LogP contribution in [0.2, 0.25) is 0 Å². The summed E-state index contributed by atoms with van der Waals surface area (Å²) < 4.78 is 63.1. The van der Waals surface area contributed by atoms with Crippen molar-refractivity contribution in [3.05, 3.63) is 118 Å². The second kappa shape index (κ2) is 46.4. The fourth-order valence-corrected chi connectivity index (χ4v) is 20.2. The lowest BCUT2D eigenvalue weighted by Crippen LogP contribution is -2.68. The number of phenolic OH excluding ortho intramolecular Hbond substituents is 5. The van der Waals surface area contributed by atoms with Gasteiger partial charge in [0.1, 0.15) is 45.1 Å². The number of carbonyl (C=O) groups is 6. The average Bonchev–Trinajstić information content (AvgIpc) is 1.56. The van der Waals surface area contributed by atoms with Crippen LogP contribution in [0.15, 0.2) is 95.8 Å². The van der Waals surface area contributed by atoms with Crippen molar-refractivity contribution in [3.8, 4) is 28.7 Å². The SMILES string of the molecule is C.C.C.C.C.C.CC12CCC(C(=O)C1Br)C1(CCC3(CC1)OCCO3)O2.CC1=CC(=O)C(C2(O)CCC3(CC2)OCCO3)CC1.CC1=CC(=O)CCC1.Cc1ccc(C2=CCC3(CC2)OCCO3)c(O)c1.O=C1C=C(O)CCC1.O=C1CCC(c2ccc(O)cc2O)CC1.O=C1CCC2(CC1)OCCO2.Oc1ccc(C2CCC3(CC2)OCCO3)c(O)c1. The minimum absolute atomic E-state index is 0. The number of Topliss-reactive ketones (excluding diaryl/α,β-unsaturated/α-hetero) is 3. The van der Waals surface area contributed by atoms with Gasteiger partial charge in [-0.2, -0.15) is 0 Å². The Morgan fingerprint density at radius 2 is 0.829 bits per heavy atom. The molecule has 7 N–H and O–H groups in total. The van der Waals surface area contributed by atoms with Crippen molar-refractivity contribution in [2.45, 2.75) is 347 Å². The number of rotatable bonds is 4. The number of ketones is 6. The Hall–Kier alpha value is -6.56. The summed E-state index contributed by atoms with van der Waals surface area (Å²) in [6.07, 6.45) is 33.3. The van der Waals surface area contributed by atoms with Gasteiger partial charge in [0.15, 0.2) is 52.1 Å². The van der Waals surface area contributed by atoms with Gasteiger partial charge in [-0.1, -0.05) is 102 Å². The summed E-state index contributed by atoms with van der Waals surface area (Å²) in [6, 6.07) is 15.3. The number of hydrogen-bond acceptors (Lipinski definition) is 24. The van der Waals surface area contributed by atoms with E-state index in [1.54, 1.807) is 30.4 Å². The van der Waals surface area contributed by atoms with E-state index in [4.69, 9.17) is 62.3 Å². The van der Waals surface area contributed by atoms with Crippen LogP contribution in [0.4, 0.5) is 0 Å². The van der Waals surface area contributed by atoms with Crippen molar-refractivity contribution in [1.29, 1.82) is 0 Å². The van der Waals surface area contributed by atoms with Gasteiger partial charge in [-0.15, -0.1) is 0 Å². The third kappa shape index (κ3) is 27.0. The average molecular weight is 1790 g/mol. The summed E-state index contributed by atoms with van der Waals surface area (Å²) in [5, 5.41) is 67.6. The number of benzene rings is 3. The van der Waals surface area contributed by atoms with Gasteiger partial charge in [-0.3, -0.25) is 28.8 Å². The van der Waals surface area contributed by atoms with Crippen LogP contribution in [-0.4, -0.2) is 187 Å². The molecule has 13 fully saturated rings. The fourth-order valence-electron chi connectivity index (χ4n) is 19.6. The molecule has 20 rings (SSSR count). The first-order chi connectivity index (χ1) is 55.9. The van der Waals surface area contributed by atoms with E-state index in [1.165, 1.54) is 29.4 Å². The van der Waals surface area contributed by atoms with E-state index in [0.29, 0.717) is 165 Å². The molecular weight excluding hydrogens is 1640 g/mol. The molecule has 0 amide bonds. The second-order valence-electron chi connectivity index (χ2n) is 34.8. The van der Waals surface area contributed by atoms with Crippen LogP contribution in [0.25, 0.3) is 5.57 Å². The standard InChI is InChI=1S/C15H21BrO4.C15H22O4.C15H18O3.C14H18O4.C12H14O3.C8H12O3.C7H10O.C6H8O2.6CH4/c1-13-3-2-10(11(17)12(13)16)14(20-13)4-6-15(7-5-14)18-8-9-19-15;1-11-2-3-12(13(16)10-11)14(17)4-6-15(7-5-14)18-8-9-19-15;1-11-2-3-13(14(16)10-11)12-4-6-15(7-5-12)17-8-9-18-15;15-11-1-2-12(13(16)9-11)10-3-5-14(6-4-10)17-7-8-18-14;13-9-3-1-8(2-4-9)11-6-5-10(14)7-12(11)15;9-7-1-3-8(4-2-7)10-5-6-11-8;1-6-3-2-4-7(8)5-6;7-5-2-1-3-6(8)4-5;;;;;;/h10,12H,2-9H2,1H3;10,12,17H,2-9H2,1H3;2-4,10,16H,5-9H2,1H3;1-2,9-10,15-16H,3-8H2;5-8,14-15H,1-4H2;1-6H2;5H,2-4H2,1H3;4,7H,1-3H2;6*1H4. The zero-order valence-electron chi connectivity index (χ0n) is 68.7. The quantitative estimate of drug-likeness (QED) is 0.119. The molecule has 7 saturated heterocycles. The predicted molar refractivity (Wildman–Crippen MR) is 477 cm³/mol. The third-order valence-corrected chi connectivity index (χ3v) is 27.8. The number of aliphatic hydroxyl groups is 2. The first-order valence-electron chi connectivity index (χ1n) is 42.8. The summed E-state index contributed by atoms with van der Waals surface area (Å²) in [5.74, 6) is 0.944. The molecule has 0 aromatic heterocycles. The number of allylic oxidation sites excluding steroid dienone is 7. The summed E-state index contributed by atoms with van der Waals surface area (Å²) in [6.45, 7) is 14.9. The van der Waals surface area contributed by atoms with Crippen molar-refractivity contribution < 1.29 is 117 Å². The molecule has 7 aliphatic heterocycles. The Bertz CT molecular complexity index is 4020. The molecule has 24 nitrogen and oxygen atoms in total. The first-order valence-corrected chi connectivity index (χ1v) is 43.8. The molecule has 10 aliphatic carbocycles. The van der Waals surface area contributed by atoms with Crippen molar-refractivity contribution in [2.24, 2.45) is 11.8 Å². The minimum atomic E-state index is -0.866. The number of ether oxygens (including phenoxy) is 11. The van der Waals surface area contributed by atoms with E-state index in [9.17, 15) is 54.3 Å². The number of phenols is 5. The predicted octanol–water partition coefficient (Wildman–Crippen LogP) is 19.9. The normalized spacial score (nSPS) is 26.8. The lowest BCUT2D eigenvalue weighted by atomic mass is 9.61. The fraction of sp³-hybridized carbons (Fsp3) is 0.673. The summed E-state index contributed by atoms with van der Waals surface area (Å²) in [7, 11) is 0. The van der Waals surface area contributed by atoms with Gasteiger partial charge in [-0.05, 0) is 195 Å². The largest absolute Gasteiger partial charge is 0.512 e. The van der Waals surface area contributed by atoms with E-state index >= 15 is 0 Å². The number of fused-ring (bicyclic) bond motifs is 2. The Morgan fingerprint density at radius 3 is 1.25 bits per heavy atom. The van der Waals surface area contributed by atoms with E-state index < -0.39 is 11.4 Å². The smallest absolute Gasteiger partial charge is 0.172 e. The molecule has 7 heterocycles. The lowest BCUT2D eigenvalue weighted by molar-refractivity contribution is -0.273. The number of hydrogen-bond donors (Lipinski definition) is 7. The van der Waals surface area contributed by atoms with Crippen LogP contribution in [-0.2, 0) is 80.9 Å². The maximum Gasteiger partial charge on any atom is 0.172 e. The van der Waals surface area contributed by atoms with Crippen LogP contribution in [0.1, 0.15) is 311 Å². The lowest BCUT2D eigenvalue weighted by Gasteiger charge is -2.60. The molecule has 4 unspecified atom stereocenters. The van der Waals surface area contributed by atoms with Gasteiger partial charge in [0, 0.05) is 139 Å². The highest BCUT2D eigenvalue weighted by Crippen LogP contribution is 2.58. The number of aryl methyl sites for hydroxylation is 1. The molecule has 123 heavy (non-hydrogen) atoms. The van der Waals surface area contributed by atoms with Gasteiger partial charge < -0.3 is 87.9 Å². The molecule has 690 valence electrons. The Kier molecular flexibility index (Phi) is 39.7. The van der Waals surface area contributed by atoms with Crippen molar-refractivity contribution >= 4 is 56.2 Å². The van der Waals surface area contributed by atoms with Crippen LogP contribution in [0.3, 0.4) is 0 Å². The van der Waals surface area contributed by atoms with E-state index in [0.717, 1.165) is 176 Å². The van der Waals surface area contributed by atoms with Crippen molar-refractivity contribution in [1.82, 2.24) is 0 Å². The maximum absolute atomic E-state index is 12.6. The number of carbonyl (C=O) groups excluding carboxylic acids is 6. The summed E-state index contributed by atoms with van der Waals surface area (Å²) in [4.78, 5) is 67.6. The van der Waals surface area contributed by atoms with E-state index in [2.05, 4.69) is 28.9 Å². The summed E-state index contributed by atoms with van der Waals surface area (Å²) in [5.41, 5.74) is 5.86. The molecule has 0 radical (unpaired) electrons. The maximum atomic E-state index is 12.6. The van der Waals surface area contributed by atoms with Crippen LogP contribution >= 0.6 is 15.9 Å². The molecule has 6 spiro atoms. The van der Waals surface area contributed by atoms with Gasteiger partial charge in [0.05, 0.1) is 94.5 Å². The first kappa shape index (κ1) is 105. The van der Waals surface area contributed by atoms with Gasteiger partial charge in [0.25, 0.3) is 0 Å². The monoisotopic (exact) mass is 1790 g/mol. The van der Waals surface area contributed by atoms with Crippen LogP contribution in [0.5, 0.6) is 28.7 Å². The highest BCUT2D eigenvalue weighted by atomic mass is 79.9. The van der Waals surface area contributed by atoms with Gasteiger partial charge in [-0.25, -0.2) is 0 Å². The van der Waals surface area contributed by atoms with Crippen molar-refractivity contribution in [3.63, 3.8) is 0 Å². The molecular formula is C98H147BrO24. The summed E-state index contributed by atoms with van der Waals surface area (Å²) >= 11 is 3.55. The van der Waals surface area contributed by atoms with Gasteiger partial charge in [0.2, 0.25) is 0 Å². The molecule has 25 heteroatoms. The zero-order chi connectivity index (χ0) is 83.2.